The minimum Gasteiger partial charge on any atom is -0.492 e. The molecule has 0 unspecified atom stereocenters. The highest BCUT2D eigenvalue weighted by Gasteiger charge is 2.22. The Morgan fingerprint density at radius 1 is 1.22 bits per heavy atom. The fraction of sp³-hybridized carbons (Fsp3) is 0.667. The summed E-state index contributed by atoms with van der Waals surface area (Å²) in [6.07, 6.45) is 0. The molecule has 0 bridgehead atoms. The third-order valence-corrected chi connectivity index (χ3v) is 3.22. The first-order chi connectivity index (χ1) is 8.25. The van der Waals surface area contributed by atoms with E-state index in [2.05, 4.69) is 0 Å². The lowest BCUT2D eigenvalue weighted by molar-refractivity contribution is 0.231. The summed E-state index contributed by atoms with van der Waals surface area (Å²) < 4.78 is 14.1. The van der Waals surface area contributed by atoms with E-state index >= 15 is 0 Å². The lowest BCUT2D eigenvalue weighted by Gasteiger charge is -2.25. The maximum atomic E-state index is 13.3. The van der Waals surface area contributed by atoms with Crippen molar-refractivity contribution in [2.45, 2.75) is 34.2 Å². The third kappa shape index (κ3) is 2.80. The molecule has 1 rings (SSSR count). The molecule has 0 saturated carbocycles. The highest BCUT2D eigenvalue weighted by Crippen LogP contribution is 2.23. The summed E-state index contributed by atoms with van der Waals surface area (Å²) >= 11 is 0. The SMILES string of the molecule is CC(C)C(Cn1c(O)c(F)c(=O)[nH]c1=O)C(C)C. The van der Waals surface area contributed by atoms with Crippen LogP contribution < -0.4 is 11.2 Å². The van der Waals surface area contributed by atoms with E-state index < -0.39 is 22.9 Å². The summed E-state index contributed by atoms with van der Waals surface area (Å²) in [5.41, 5.74) is -1.98. The molecule has 0 fully saturated rings. The van der Waals surface area contributed by atoms with Crippen LogP contribution in [-0.4, -0.2) is 14.7 Å². The molecule has 0 aliphatic rings. The van der Waals surface area contributed by atoms with Crippen molar-refractivity contribution in [1.29, 1.82) is 0 Å². The molecule has 6 heteroatoms. The van der Waals surface area contributed by atoms with Crippen LogP contribution in [-0.2, 0) is 6.54 Å². The summed E-state index contributed by atoms with van der Waals surface area (Å²) in [6, 6.07) is 0. The molecule has 1 aromatic heterocycles. The quantitative estimate of drug-likeness (QED) is 0.855. The van der Waals surface area contributed by atoms with Crippen molar-refractivity contribution in [2.24, 2.45) is 17.8 Å². The van der Waals surface area contributed by atoms with E-state index in [0.29, 0.717) is 0 Å². The van der Waals surface area contributed by atoms with Gasteiger partial charge >= 0.3 is 5.69 Å². The second-order valence-corrected chi connectivity index (χ2v) is 5.16. The highest BCUT2D eigenvalue weighted by atomic mass is 19.1. The highest BCUT2D eigenvalue weighted by molar-refractivity contribution is 5.09. The number of aromatic amines is 1. The number of H-pyrrole nitrogens is 1. The van der Waals surface area contributed by atoms with Crippen molar-refractivity contribution in [3.05, 3.63) is 26.7 Å². The van der Waals surface area contributed by atoms with Crippen LogP contribution in [0.15, 0.2) is 9.59 Å². The fourth-order valence-corrected chi connectivity index (χ4v) is 2.11. The lowest BCUT2D eigenvalue weighted by atomic mass is 9.85. The van der Waals surface area contributed by atoms with Gasteiger partial charge in [0, 0.05) is 6.54 Å². The molecule has 2 N–H and O–H groups in total. The zero-order valence-electron chi connectivity index (χ0n) is 11.0. The Bertz CT molecular complexity index is 523. The molecule has 5 nitrogen and oxygen atoms in total. The monoisotopic (exact) mass is 258 g/mol. The van der Waals surface area contributed by atoms with Gasteiger partial charge in [0.1, 0.15) is 0 Å². The van der Waals surface area contributed by atoms with Gasteiger partial charge in [-0.25, -0.2) is 4.79 Å². The summed E-state index contributed by atoms with van der Waals surface area (Å²) in [6.45, 7) is 8.15. The first-order valence-electron chi connectivity index (χ1n) is 5.97. The largest absolute Gasteiger partial charge is 0.492 e. The van der Waals surface area contributed by atoms with Crippen LogP contribution in [0.3, 0.4) is 0 Å². The van der Waals surface area contributed by atoms with Crippen molar-refractivity contribution in [3.63, 3.8) is 0 Å². The molecule has 0 aliphatic heterocycles. The van der Waals surface area contributed by atoms with Crippen LogP contribution in [0.25, 0.3) is 0 Å². The number of hydrogen-bond acceptors (Lipinski definition) is 3. The molecule has 0 aliphatic carbocycles. The molecule has 18 heavy (non-hydrogen) atoms. The van der Waals surface area contributed by atoms with E-state index in [0.717, 1.165) is 4.57 Å². The molecular weight excluding hydrogens is 239 g/mol. The number of aromatic hydroxyl groups is 1. The van der Waals surface area contributed by atoms with Gasteiger partial charge in [-0.3, -0.25) is 14.3 Å². The first kappa shape index (κ1) is 14.5. The molecule has 102 valence electrons. The molecule has 0 aromatic carbocycles. The van der Waals surface area contributed by atoms with Crippen molar-refractivity contribution < 1.29 is 9.50 Å². The van der Waals surface area contributed by atoms with Crippen LogP contribution in [0.1, 0.15) is 27.7 Å². The van der Waals surface area contributed by atoms with E-state index in [4.69, 9.17) is 0 Å². The van der Waals surface area contributed by atoms with Crippen molar-refractivity contribution in [2.75, 3.05) is 0 Å². The van der Waals surface area contributed by atoms with Gasteiger partial charge < -0.3 is 5.11 Å². The van der Waals surface area contributed by atoms with Gasteiger partial charge in [0.15, 0.2) is 0 Å². The van der Waals surface area contributed by atoms with Gasteiger partial charge in [-0.2, -0.15) is 4.39 Å². The van der Waals surface area contributed by atoms with Crippen molar-refractivity contribution in [1.82, 2.24) is 9.55 Å². The van der Waals surface area contributed by atoms with Crippen LogP contribution in [0.4, 0.5) is 4.39 Å². The molecule has 0 radical (unpaired) electrons. The Kier molecular flexibility index (Phi) is 4.32. The van der Waals surface area contributed by atoms with Crippen LogP contribution in [0, 0.1) is 23.6 Å². The zero-order valence-corrected chi connectivity index (χ0v) is 11.0. The van der Waals surface area contributed by atoms with Crippen LogP contribution in [0.2, 0.25) is 0 Å². The third-order valence-electron chi connectivity index (χ3n) is 3.22. The number of hydrogen-bond donors (Lipinski definition) is 2. The minimum absolute atomic E-state index is 0.0962. The predicted octanol–water partition coefficient (Wildman–Crippen LogP) is 1.31. The number of aromatic nitrogens is 2. The van der Waals surface area contributed by atoms with E-state index in [-0.39, 0.29) is 24.3 Å². The smallest absolute Gasteiger partial charge is 0.331 e. The topological polar surface area (TPSA) is 75.1 Å². The van der Waals surface area contributed by atoms with E-state index in [1.807, 2.05) is 32.7 Å². The van der Waals surface area contributed by atoms with Gasteiger partial charge in [0.05, 0.1) is 0 Å². The fourth-order valence-electron chi connectivity index (χ4n) is 2.11. The summed E-state index contributed by atoms with van der Waals surface area (Å²) in [4.78, 5) is 24.4. The normalized spacial score (nSPS) is 11.8. The number of nitrogens with one attached hydrogen (secondary N) is 1. The Hall–Kier alpha value is -1.59. The van der Waals surface area contributed by atoms with Gasteiger partial charge in [0.25, 0.3) is 5.56 Å². The molecular formula is C12H19FN2O3. The molecule has 1 aromatic rings. The second kappa shape index (κ2) is 5.37. The minimum atomic E-state index is -1.32. The molecule has 0 saturated heterocycles. The standard InChI is InChI=1S/C12H19FN2O3/c1-6(2)8(7(3)4)5-15-11(17)9(13)10(16)14-12(15)18/h6-8,17H,5H2,1-4H3,(H,14,16,18). The average Bonchev–Trinajstić information content (AvgIpc) is 2.25. The number of halogens is 1. The summed E-state index contributed by atoms with van der Waals surface area (Å²) in [5.74, 6) is -1.58. The van der Waals surface area contributed by atoms with Crippen molar-refractivity contribution >= 4 is 0 Å². The van der Waals surface area contributed by atoms with Gasteiger partial charge in [-0.15, -0.1) is 0 Å². The maximum Gasteiger partial charge on any atom is 0.331 e. The molecule has 0 spiro atoms. The lowest BCUT2D eigenvalue weighted by Crippen LogP contribution is -2.35. The molecule has 0 atom stereocenters. The predicted molar refractivity (Wildman–Crippen MR) is 66.1 cm³/mol. The number of rotatable bonds is 4. The second-order valence-electron chi connectivity index (χ2n) is 5.16. The Morgan fingerprint density at radius 2 is 1.72 bits per heavy atom. The van der Waals surface area contributed by atoms with Gasteiger partial charge in [-0.1, -0.05) is 27.7 Å². The molecule has 0 amide bonds. The van der Waals surface area contributed by atoms with E-state index in [1.54, 1.807) is 0 Å². The first-order valence-corrected chi connectivity index (χ1v) is 5.97. The Labute approximate surface area is 104 Å². The van der Waals surface area contributed by atoms with Gasteiger partial charge in [0.2, 0.25) is 11.7 Å². The summed E-state index contributed by atoms with van der Waals surface area (Å²) in [7, 11) is 0. The maximum absolute atomic E-state index is 13.3. The Balaban J connectivity index is 3.23. The van der Waals surface area contributed by atoms with Crippen LogP contribution in [0.5, 0.6) is 5.88 Å². The average molecular weight is 258 g/mol. The van der Waals surface area contributed by atoms with Gasteiger partial charge in [-0.05, 0) is 17.8 Å². The number of nitrogens with zero attached hydrogens (tertiary/aromatic N) is 1. The molecule has 1 heterocycles. The van der Waals surface area contributed by atoms with E-state index in [9.17, 15) is 19.1 Å². The van der Waals surface area contributed by atoms with E-state index in [1.165, 1.54) is 0 Å². The van der Waals surface area contributed by atoms with Crippen LogP contribution >= 0.6 is 0 Å². The van der Waals surface area contributed by atoms with Crippen molar-refractivity contribution in [3.8, 4) is 5.88 Å². The zero-order chi connectivity index (χ0) is 14.0. The Morgan fingerprint density at radius 3 is 2.17 bits per heavy atom. The summed E-state index contributed by atoms with van der Waals surface area (Å²) in [5, 5.41) is 9.54.